The predicted octanol–water partition coefficient (Wildman–Crippen LogP) is 3.94. The maximum absolute atomic E-state index is 14.2. The molecule has 3 aromatic carbocycles. The van der Waals surface area contributed by atoms with Crippen LogP contribution in [0.1, 0.15) is 36.1 Å². The number of likely N-dealkylation sites (tertiary alicyclic amines) is 1. The van der Waals surface area contributed by atoms with Gasteiger partial charge < -0.3 is 0 Å². The van der Waals surface area contributed by atoms with Gasteiger partial charge in [0.15, 0.2) is 0 Å². The van der Waals surface area contributed by atoms with E-state index in [1.165, 1.54) is 9.21 Å². The van der Waals surface area contributed by atoms with Crippen molar-refractivity contribution in [2.75, 3.05) is 0 Å². The van der Waals surface area contributed by atoms with Crippen LogP contribution in [0.25, 0.3) is 0 Å². The average molecular weight is 487 g/mol. The molecule has 6 rings (SSSR count). The van der Waals surface area contributed by atoms with Gasteiger partial charge in [-0.1, -0.05) is 72.3 Å². The molecule has 2 bridgehead atoms. The zero-order chi connectivity index (χ0) is 24.8. The average Bonchev–Trinajstić information content (AvgIpc) is 3.32. The topological polar surface area (TPSA) is 74.8 Å². The number of nitrogens with zero attached hydrogens (tertiary/aromatic N) is 2. The summed E-state index contributed by atoms with van der Waals surface area (Å²) in [6.45, 7) is 5.70. The lowest BCUT2D eigenvalue weighted by molar-refractivity contribution is -0.143. The van der Waals surface area contributed by atoms with Gasteiger partial charge in [0.05, 0.1) is 34.4 Å². The lowest BCUT2D eigenvalue weighted by atomic mass is 9.66. The molecule has 6 nitrogen and oxygen atoms in total. The number of fused-ring (bicyclic) bond motifs is 8. The third kappa shape index (κ3) is 2.65. The molecular weight excluding hydrogens is 460 g/mol. The Kier molecular flexibility index (Phi) is 4.51. The molecule has 4 unspecified atom stereocenters. The largest absolute Gasteiger partial charge is 0.277 e. The van der Waals surface area contributed by atoms with Crippen molar-refractivity contribution in [3.63, 3.8) is 0 Å². The smallest absolute Gasteiger partial charge is 0.244 e. The molecule has 3 aliphatic heterocycles. The monoisotopic (exact) mass is 486 g/mol. The van der Waals surface area contributed by atoms with Crippen LogP contribution >= 0.6 is 0 Å². The van der Waals surface area contributed by atoms with E-state index >= 15 is 0 Å². The fourth-order valence-electron chi connectivity index (χ4n) is 6.75. The summed E-state index contributed by atoms with van der Waals surface area (Å²) in [5.41, 5.74) is 1.03. The van der Waals surface area contributed by atoms with E-state index in [-0.39, 0.29) is 23.3 Å². The second-order valence-electron chi connectivity index (χ2n) is 10.1. The van der Waals surface area contributed by atoms with Gasteiger partial charge in [0.25, 0.3) is 0 Å². The van der Waals surface area contributed by atoms with Crippen LogP contribution in [-0.4, -0.2) is 29.4 Å². The summed E-state index contributed by atoms with van der Waals surface area (Å²) in [6, 6.07) is 23.6. The Bertz CT molecular complexity index is 1430. The van der Waals surface area contributed by atoms with Crippen LogP contribution in [0.3, 0.4) is 0 Å². The molecule has 2 fully saturated rings. The van der Waals surface area contributed by atoms with Crippen molar-refractivity contribution in [1.82, 2.24) is 9.21 Å². The molecule has 3 aromatic rings. The van der Waals surface area contributed by atoms with Crippen LogP contribution in [0.5, 0.6) is 0 Å². The van der Waals surface area contributed by atoms with E-state index in [2.05, 4.69) is 0 Å². The number of carbonyl (C=O) groups is 2. The van der Waals surface area contributed by atoms with Crippen LogP contribution < -0.4 is 0 Å². The van der Waals surface area contributed by atoms with Gasteiger partial charge in [0, 0.05) is 0 Å². The molecule has 2 saturated heterocycles. The highest BCUT2D eigenvalue weighted by Crippen LogP contribution is 2.69. The summed E-state index contributed by atoms with van der Waals surface area (Å²) in [5.74, 6) is -2.21. The fraction of sp³-hybridized carbons (Fsp3) is 0.286. The summed E-state index contributed by atoms with van der Waals surface area (Å²) in [6.07, 6.45) is 0. The number of hydrogen-bond acceptors (Lipinski definition) is 4. The molecule has 0 aliphatic carbocycles. The highest BCUT2D eigenvalue weighted by molar-refractivity contribution is 7.89. The minimum absolute atomic E-state index is 0.161. The number of imide groups is 1. The molecule has 0 aromatic heterocycles. The molecule has 0 N–H and O–H groups in total. The van der Waals surface area contributed by atoms with Gasteiger partial charge in [-0.15, -0.1) is 0 Å². The number of sulfonamides is 1. The van der Waals surface area contributed by atoms with Crippen molar-refractivity contribution in [3.8, 4) is 0 Å². The first-order valence-corrected chi connectivity index (χ1v) is 13.2. The van der Waals surface area contributed by atoms with E-state index in [0.717, 1.165) is 22.3 Å². The van der Waals surface area contributed by atoms with Crippen molar-refractivity contribution < 1.29 is 18.0 Å². The van der Waals surface area contributed by atoms with Gasteiger partial charge in [-0.25, -0.2) is 8.42 Å². The third-order valence-electron chi connectivity index (χ3n) is 8.21. The number of benzene rings is 3. The highest BCUT2D eigenvalue weighted by atomic mass is 32.2. The van der Waals surface area contributed by atoms with E-state index in [1.807, 2.05) is 75.4 Å². The normalized spacial score (nSPS) is 29.5. The first-order valence-electron chi connectivity index (χ1n) is 11.7. The second-order valence-corrected chi connectivity index (χ2v) is 11.9. The van der Waals surface area contributed by atoms with Crippen molar-refractivity contribution in [2.24, 2.45) is 11.8 Å². The number of aryl methyl sites for hydroxylation is 1. The van der Waals surface area contributed by atoms with E-state index < -0.39 is 32.9 Å². The van der Waals surface area contributed by atoms with E-state index in [0.29, 0.717) is 0 Å². The molecule has 7 heteroatoms. The SMILES string of the molecule is Cc1ccc(S(=O)(=O)N2C3(C)c4ccccc4C2(C)C2C(=O)N(Cc4ccccc4)C(=O)C23)cc1. The summed E-state index contributed by atoms with van der Waals surface area (Å²) < 4.78 is 29.9. The van der Waals surface area contributed by atoms with Gasteiger partial charge >= 0.3 is 0 Å². The van der Waals surface area contributed by atoms with E-state index in [9.17, 15) is 18.0 Å². The molecule has 4 atom stereocenters. The van der Waals surface area contributed by atoms with Crippen LogP contribution in [0.4, 0.5) is 0 Å². The molecule has 35 heavy (non-hydrogen) atoms. The van der Waals surface area contributed by atoms with E-state index in [1.54, 1.807) is 24.3 Å². The van der Waals surface area contributed by atoms with Gasteiger partial charge in [-0.3, -0.25) is 14.5 Å². The Labute approximate surface area is 205 Å². The standard InChI is InChI=1S/C28H26N2O4S/c1-18-13-15-20(16-14-18)35(33,34)30-27(2)21-11-7-8-12-22(21)28(30,3)24-23(27)25(31)29(26(24)32)17-19-9-5-4-6-10-19/h4-16,23-24H,17H2,1-3H3. The van der Waals surface area contributed by atoms with E-state index in [4.69, 9.17) is 0 Å². The zero-order valence-electron chi connectivity index (χ0n) is 19.8. The lowest BCUT2D eigenvalue weighted by Crippen LogP contribution is -2.51. The first kappa shape index (κ1) is 22.2. The van der Waals surface area contributed by atoms with Crippen LogP contribution in [-0.2, 0) is 37.2 Å². The van der Waals surface area contributed by atoms with Gasteiger partial charge in [-0.2, -0.15) is 4.31 Å². The highest BCUT2D eigenvalue weighted by Gasteiger charge is 2.79. The van der Waals surface area contributed by atoms with Crippen molar-refractivity contribution >= 4 is 21.8 Å². The Hall–Kier alpha value is -3.29. The predicted molar refractivity (Wildman–Crippen MR) is 130 cm³/mol. The minimum Gasteiger partial charge on any atom is -0.277 e. The zero-order valence-corrected chi connectivity index (χ0v) is 20.6. The Morgan fingerprint density at radius 3 is 1.74 bits per heavy atom. The Morgan fingerprint density at radius 2 is 1.23 bits per heavy atom. The molecule has 3 heterocycles. The minimum atomic E-state index is -4.03. The van der Waals surface area contributed by atoms with Crippen molar-refractivity contribution in [2.45, 2.75) is 43.3 Å². The van der Waals surface area contributed by atoms with Crippen LogP contribution in [0.2, 0.25) is 0 Å². The molecule has 0 spiro atoms. The Morgan fingerprint density at radius 1 is 0.743 bits per heavy atom. The molecule has 3 aliphatic rings. The van der Waals surface area contributed by atoms with Crippen LogP contribution in [0, 0.1) is 18.8 Å². The van der Waals surface area contributed by atoms with Crippen molar-refractivity contribution in [1.29, 1.82) is 0 Å². The van der Waals surface area contributed by atoms with Gasteiger partial charge in [-0.05, 0) is 49.6 Å². The molecule has 2 amide bonds. The molecule has 0 radical (unpaired) electrons. The fourth-order valence-corrected chi connectivity index (χ4v) is 8.86. The Balaban J connectivity index is 1.53. The maximum atomic E-state index is 14.2. The molecule has 0 saturated carbocycles. The molecular formula is C28H26N2O4S. The summed E-state index contributed by atoms with van der Waals surface area (Å²) >= 11 is 0. The second kappa shape index (κ2) is 7.12. The summed E-state index contributed by atoms with van der Waals surface area (Å²) in [5, 5.41) is 0. The van der Waals surface area contributed by atoms with Gasteiger partial charge in [0.2, 0.25) is 21.8 Å². The number of amides is 2. The summed E-state index contributed by atoms with van der Waals surface area (Å²) in [7, 11) is -4.03. The van der Waals surface area contributed by atoms with Crippen molar-refractivity contribution in [3.05, 3.63) is 101 Å². The maximum Gasteiger partial charge on any atom is 0.244 e. The lowest BCUT2D eigenvalue weighted by Gasteiger charge is -2.37. The first-order chi connectivity index (χ1) is 16.6. The number of hydrogen-bond donors (Lipinski definition) is 0. The van der Waals surface area contributed by atoms with Gasteiger partial charge in [0.1, 0.15) is 0 Å². The van der Waals surface area contributed by atoms with Crippen LogP contribution in [0.15, 0.2) is 83.8 Å². The third-order valence-corrected chi connectivity index (χ3v) is 10.3. The number of rotatable bonds is 4. The molecule has 178 valence electrons. The summed E-state index contributed by atoms with van der Waals surface area (Å²) in [4.78, 5) is 29.3. The quantitative estimate of drug-likeness (QED) is 0.524. The number of carbonyl (C=O) groups excluding carboxylic acids is 2.